The number of hydrogen-bond donors (Lipinski definition) is 0. The third-order valence-corrected chi connectivity index (χ3v) is 8.74. The topological polar surface area (TPSA) is 26.3 Å². The first-order valence-corrected chi connectivity index (χ1v) is 7.91. The van der Waals surface area contributed by atoms with Gasteiger partial charge in [-0.1, -0.05) is 41.2 Å². The van der Waals surface area contributed by atoms with Crippen LogP contribution < -0.4 is 0 Å². The minimum absolute atomic E-state index is 0.0849. The van der Waals surface area contributed by atoms with Crippen LogP contribution >= 0.6 is 0 Å². The molecule has 88 valence electrons. The van der Waals surface area contributed by atoms with Crippen LogP contribution in [-0.2, 0) is 9.22 Å². The van der Waals surface area contributed by atoms with E-state index in [4.69, 9.17) is 4.43 Å². The molecular formula is C12H24O2Si. The monoisotopic (exact) mass is 228 g/mol. The van der Waals surface area contributed by atoms with Gasteiger partial charge in [0, 0.05) is 5.57 Å². The zero-order chi connectivity index (χ0) is 12.3. The Morgan fingerprint density at radius 3 is 1.87 bits per heavy atom. The molecule has 0 atom stereocenters. The van der Waals surface area contributed by atoms with Gasteiger partial charge < -0.3 is 4.43 Å². The van der Waals surface area contributed by atoms with Crippen LogP contribution in [0, 0.1) is 0 Å². The number of carbonyl (C=O) groups is 1. The standard InChI is InChI=1S/C12H24O2Si/c1-8-15(9-2,12(5,6)7)14-11(13)10(3)4/h3,8-9H2,1-2,4-7H3. The van der Waals surface area contributed by atoms with E-state index in [0.29, 0.717) is 5.57 Å². The summed E-state index contributed by atoms with van der Waals surface area (Å²) in [6, 6.07) is 1.93. The van der Waals surface area contributed by atoms with E-state index in [1.807, 2.05) is 0 Å². The average Bonchev–Trinajstić information content (AvgIpc) is 2.11. The molecule has 0 saturated heterocycles. The quantitative estimate of drug-likeness (QED) is 0.539. The van der Waals surface area contributed by atoms with Crippen LogP contribution in [-0.4, -0.2) is 14.3 Å². The normalized spacial score (nSPS) is 12.4. The molecule has 0 spiro atoms. The molecule has 2 nitrogen and oxygen atoms in total. The second kappa shape index (κ2) is 4.97. The molecular weight excluding hydrogens is 204 g/mol. The Labute approximate surface area is 94.8 Å². The molecule has 0 N–H and O–H groups in total. The van der Waals surface area contributed by atoms with Gasteiger partial charge in [-0.3, -0.25) is 0 Å². The first kappa shape index (κ1) is 14.4. The highest BCUT2D eigenvalue weighted by Crippen LogP contribution is 2.42. The van der Waals surface area contributed by atoms with Crippen molar-refractivity contribution in [2.75, 3.05) is 0 Å². The molecule has 3 heteroatoms. The second-order valence-electron chi connectivity index (χ2n) is 5.12. The van der Waals surface area contributed by atoms with Crippen molar-refractivity contribution in [3.05, 3.63) is 12.2 Å². The molecule has 0 fully saturated rings. The Morgan fingerprint density at radius 2 is 1.67 bits per heavy atom. The summed E-state index contributed by atoms with van der Waals surface area (Å²) in [6.07, 6.45) is 0. The van der Waals surface area contributed by atoms with E-state index in [-0.39, 0.29) is 11.0 Å². The van der Waals surface area contributed by atoms with Gasteiger partial charge in [0.25, 0.3) is 8.32 Å². The highest BCUT2D eigenvalue weighted by molar-refractivity contribution is 6.77. The predicted molar refractivity (Wildman–Crippen MR) is 67.3 cm³/mol. The largest absolute Gasteiger partial charge is 0.515 e. The van der Waals surface area contributed by atoms with Crippen LogP contribution in [0.3, 0.4) is 0 Å². The van der Waals surface area contributed by atoms with E-state index in [0.717, 1.165) is 12.1 Å². The van der Waals surface area contributed by atoms with Crippen molar-refractivity contribution in [2.45, 2.75) is 58.7 Å². The fraction of sp³-hybridized carbons (Fsp3) is 0.750. The minimum atomic E-state index is -1.98. The molecule has 15 heavy (non-hydrogen) atoms. The number of carbonyl (C=O) groups excluding carboxylic acids is 1. The van der Waals surface area contributed by atoms with Crippen LogP contribution in [0.15, 0.2) is 12.2 Å². The molecule has 0 heterocycles. The SMILES string of the molecule is C=C(C)C(=O)O[Si](CC)(CC)C(C)(C)C. The lowest BCUT2D eigenvalue weighted by molar-refractivity contribution is -0.131. The first-order valence-electron chi connectivity index (χ1n) is 5.59. The summed E-state index contributed by atoms with van der Waals surface area (Å²) < 4.78 is 5.76. The molecule has 0 bridgehead atoms. The molecule has 0 aliphatic heterocycles. The summed E-state index contributed by atoms with van der Waals surface area (Å²) in [5.74, 6) is -0.222. The molecule has 0 amide bonds. The van der Waals surface area contributed by atoms with Gasteiger partial charge in [0.2, 0.25) is 0 Å². The van der Waals surface area contributed by atoms with Crippen LogP contribution in [0.5, 0.6) is 0 Å². The van der Waals surface area contributed by atoms with E-state index in [1.54, 1.807) is 6.92 Å². The van der Waals surface area contributed by atoms with Crippen LogP contribution in [0.1, 0.15) is 41.5 Å². The maximum absolute atomic E-state index is 11.6. The van der Waals surface area contributed by atoms with Crippen molar-refractivity contribution in [3.8, 4) is 0 Å². The van der Waals surface area contributed by atoms with Gasteiger partial charge in [-0.25, -0.2) is 4.79 Å². The van der Waals surface area contributed by atoms with E-state index in [2.05, 4.69) is 41.2 Å². The molecule has 0 aliphatic carbocycles. The van der Waals surface area contributed by atoms with Gasteiger partial charge in [-0.15, -0.1) is 0 Å². The first-order chi connectivity index (χ1) is 6.70. The molecule has 0 aromatic carbocycles. The van der Waals surface area contributed by atoms with Crippen molar-refractivity contribution < 1.29 is 9.22 Å². The van der Waals surface area contributed by atoms with Crippen molar-refractivity contribution >= 4 is 14.3 Å². The van der Waals surface area contributed by atoms with Crippen LogP contribution in [0.4, 0.5) is 0 Å². The van der Waals surface area contributed by atoms with Crippen LogP contribution in [0.25, 0.3) is 0 Å². The lowest BCUT2D eigenvalue weighted by atomic mass is 10.2. The summed E-state index contributed by atoms with van der Waals surface area (Å²) >= 11 is 0. The molecule has 0 unspecified atom stereocenters. The molecule has 0 radical (unpaired) electrons. The third kappa shape index (κ3) is 3.19. The zero-order valence-corrected chi connectivity index (χ0v) is 11.9. The van der Waals surface area contributed by atoms with Gasteiger partial charge in [0.1, 0.15) is 0 Å². The molecule has 0 rings (SSSR count). The smallest absolute Gasteiger partial charge is 0.319 e. The predicted octanol–water partition coefficient (Wildman–Crippen LogP) is 3.89. The van der Waals surface area contributed by atoms with Gasteiger partial charge in [-0.05, 0) is 24.1 Å². The lowest BCUT2D eigenvalue weighted by Gasteiger charge is -2.40. The highest BCUT2D eigenvalue weighted by atomic mass is 28.4. The number of rotatable bonds is 4. The maximum Gasteiger partial charge on any atom is 0.319 e. The fourth-order valence-electron chi connectivity index (χ4n) is 1.87. The maximum atomic E-state index is 11.6. The van der Waals surface area contributed by atoms with Gasteiger partial charge in [-0.2, -0.15) is 0 Å². The van der Waals surface area contributed by atoms with Crippen molar-refractivity contribution in [1.82, 2.24) is 0 Å². The van der Waals surface area contributed by atoms with Crippen LogP contribution in [0.2, 0.25) is 17.1 Å². The number of hydrogen-bond acceptors (Lipinski definition) is 2. The average molecular weight is 228 g/mol. The molecule has 0 aliphatic rings. The molecule has 0 aromatic rings. The highest BCUT2D eigenvalue weighted by Gasteiger charge is 2.46. The molecule has 0 saturated carbocycles. The zero-order valence-electron chi connectivity index (χ0n) is 10.9. The van der Waals surface area contributed by atoms with Crippen molar-refractivity contribution in [1.29, 1.82) is 0 Å². The summed E-state index contributed by atoms with van der Waals surface area (Å²) in [4.78, 5) is 11.6. The lowest BCUT2D eigenvalue weighted by Crippen LogP contribution is -2.47. The fourth-order valence-corrected chi connectivity index (χ4v) is 5.62. The van der Waals surface area contributed by atoms with E-state index in [9.17, 15) is 4.79 Å². The Hall–Kier alpha value is -0.573. The van der Waals surface area contributed by atoms with E-state index < -0.39 is 8.32 Å². The summed E-state index contributed by atoms with van der Waals surface area (Å²) in [6.45, 7) is 16.1. The summed E-state index contributed by atoms with van der Waals surface area (Å²) in [5.41, 5.74) is 0.498. The molecule has 0 aromatic heterocycles. The second-order valence-corrected chi connectivity index (χ2v) is 10.2. The van der Waals surface area contributed by atoms with Crippen molar-refractivity contribution in [3.63, 3.8) is 0 Å². The summed E-state index contributed by atoms with van der Waals surface area (Å²) in [5, 5.41) is 0.0849. The Kier molecular flexibility index (Phi) is 4.78. The minimum Gasteiger partial charge on any atom is -0.515 e. The van der Waals surface area contributed by atoms with E-state index in [1.165, 1.54) is 0 Å². The Balaban J connectivity index is 4.97. The summed E-state index contributed by atoms with van der Waals surface area (Å²) in [7, 11) is -1.98. The Bertz CT molecular complexity index is 247. The van der Waals surface area contributed by atoms with Gasteiger partial charge >= 0.3 is 5.97 Å². The van der Waals surface area contributed by atoms with E-state index >= 15 is 0 Å². The third-order valence-electron chi connectivity index (χ3n) is 3.15. The van der Waals surface area contributed by atoms with Crippen molar-refractivity contribution in [2.24, 2.45) is 0 Å². The van der Waals surface area contributed by atoms with Gasteiger partial charge in [0.15, 0.2) is 0 Å². The van der Waals surface area contributed by atoms with Gasteiger partial charge in [0.05, 0.1) is 0 Å². The Morgan fingerprint density at radius 1 is 1.27 bits per heavy atom.